The molecule has 8 aliphatic rings. The molecule has 1 aromatic rings. The van der Waals surface area contributed by atoms with Gasteiger partial charge in [-0.25, -0.2) is 0 Å². The van der Waals surface area contributed by atoms with E-state index < -0.39 is 5.60 Å². The molecule has 4 nitrogen and oxygen atoms in total. The Labute approximate surface area is 167 Å². The lowest BCUT2D eigenvalue weighted by atomic mass is 9.52. The number of aryl methyl sites for hydroxylation is 1. The third-order valence-corrected chi connectivity index (χ3v) is 8.61. The van der Waals surface area contributed by atoms with Gasteiger partial charge in [0.2, 0.25) is 0 Å². The summed E-state index contributed by atoms with van der Waals surface area (Å²) >= 11 is 0. The lowest BCUT2D eigenvalue weighted by molar-refractivity contribution is -0.187. The summed E-state index contributed by atoms with van der Waals surface area (Å²) < 4.78 is 12.2. The van der Waals surface area contributed by atoms with Gasteiger partial charge in [-0.2, -0.15) is 0 Å². The van der Waals surface area contributed by atoms with Gasteiger partial charge in [0.1, 0.15) is 17.6 Å². The Morgan fingerprint density at radius 2 is 2.14 bits per heavy atom. The molecule has 1 unspecified atom stereocenters. The smallest absolute Gasteiger partial charge is 0.303 e. The van der Waals surface area contributed by atoms with Gasteiger partial charge in [0.05, 0.1) is 12.5 Å². The molecule has 0 spiro atoms. The van der Waals surface area contributed by atoms with Gasteiger partial charge in [-0.1, -0.05) is 13.0 Å². The fourth-order valence-corrected chi connectivity index (χ4v) is 7.48. The molecule has 6 atom stereocenters. The second-order valence-electron chi connectivity index (χ2n) is 9.65. The predicted octanol–water partition coefficient (Wildman–Crippen LogP) is 4.44. The van der Waals surface area contributed by atoms with Crippen LogP contribution in [0, 0.1) is 23.2 Å². The molecular weight excluding hydrogens is 352 g/mol. The molecule has 4 heteroatoms. The first kappa shape index (κ1) is 18.2. The third kappa shape index (κ3) is 2.36. The summed E-state index contributed by atoms with van der Waals surface area (Å²) in [6, 6.07) is 6.65. The zero-order chi connectivity index (χ0) is 19.5. The number of fused-ring (bicyclic) bond motifs is 1. The van der Waals surface area contributed by atoms with Crippen LogP contribution in [0.3, 0.4) is 0 Å². The molecule has 3 aliphatic carbocycles. The molecule has 0 radical (unpaired) electrons. The molecule has 150 valence electrons. The van der Waals surface area contributed by atoms with Gasteiger partial charge >= 0.3 is 5.97 Å². The molecule has 1 aromatic carbocycles. The topological polar surface area (TPSA) is 52.6 Å². The minimum absolute atomic E-state index is 0.143. The van der Waals surface area contributed by atoms with Gasteiger partial charge in [-0.15, -0.1) is 0 Å². The number of benzene rings is 1. The van der Waals surface area contributed by atoms with Crippen LogP contribution in [0.15, 0.2) is 18.2 Å². The van der Waals surface area contributed by atoms with E-state index in [1.54, 1.807) is 0 Å². The van der Waals surface area contributed by atoms with Gasteiger partial charge in [-0.3, -0.25) is 4.79 Å². The van der Waals surface area contributed by atoms with Crippen LogP contribution in [0.25, 0.3) is 0 Å². The number of carbonyl (C=O) groups excluding carboxylic acids is 2. The average Bonchev–Trinajstić information content (AvgIpc) is 2.93. The molecule has 0 amide bonds. The minimum Gasteiger partial charge on any atom is -0.494 e. The molecule has 0 N–H and O–H groups in total. The highest BCUT2D eigenvalue weighted by molar-refractivity contribution is 5.68. The Hall–Kier alpha value is -1.84. The van der Waals surface area contributed by atoms with Gasteiger partial charge < -0.3 is 14.3 Å². The Balaban J connectivity index is 1.66. The van der Waals surface area contributed by atoms with Crippen LogP contribution in [0.4, 0.5) is 0 Å². The summed E-state index contributed by atoms with van der Waals surface area (Å²) in [5, 5.41) is 0. The summed E-state index contributed by atoms with van der Waals surface area (Å²) in [6.07, 6.45) is 7.77. The van der Waals surface area contributed by atoms with Crippen molar-refractivity contribution in [2.45, 2.75) is 70.3 Å². The molecule has 0 aromatic heterocycles. The van der Waals surface area contributed by atoms with E-state index in [2.05, 4.69) is 25.1 Å². The van der Waals surface area contributed by atoms with Crippen LogP contribution in [-0.4, -0.2) is 24.5 Å². The number of aldehydes is 1. The Kier molecular flexibility index (Phi) is 4.12. The van der Waals surface area contributed by atoms with Crippen molar-refractivity contribution in [2.75, 3.05) is 6.61 Å². The summed E-state index contributed by atoms with van der Waals surface area (Å²) in [6.45, 7) is 4.38. The second-order valence-corrected chi connectivity index (χ2v) is 9.65. The Morgan fingerprint density at radius 3 is 2.93 bits per heavy atom. The molecule has 5 aliphatic heterocycles. The summed E-state index contributed by atoms with van der Waals surface area (Å²) in [4.78, 5) is 24.4. The fraction of sp³-hybridized carbons (Fsp3) is 0.667. The molecule has 28 heavy (non-hydrogen) atoms. The molecule has 9 rings (SSSR count). The quantitative estimate of drug-likeness (QED) is 0.560. The zero-order valence-corrected chi connectivity index (χ0v) is 16.9. The highest BCUT2D eigenvalue weighted by Crippen LogP contribution is 2.67. The van der Waals surface area contributed by atoms with Crippen molar-refractivity contribution >= 4 is 12.3 Å². The van der Waals surface area contributed by atoms with Crippen molar-refractivity contribution < 1.29 is 19.1 Å². The number of hydrogen-bond donors (Lipinski definition) is 0. The fourth-order valence-electron chi connectivity index (χ4n) is 7.48. The third-order valence-electron chi connectivity index (χ3n) is 8.61. The number of rotatable bonds is 2. The SMILES string of the molecule is CC(=O)O[C@@]12CCCOc3ccc4c(c3)CC[C@H]3C4CC[C@@]1(C)[C@H]3C[C@@H]2C=O. The highest BCUT2D eigenvalue weighted by Gasteiger charge is 2.67. The Morgan fingerprint density at radius 1 is 1.29 bits per heavy atom. The lowest BCUT2D eigenvalue weighted by Crippen LogP contribution is -2.55. The van der Waals surface area contributed by atoms with Crippen LogP contribution in [-0.2, 0) is 20.7 Å². The number of ether oxygens (including phenoxy) is 2. The molecule has 5 heterocycles. The van der Waals surface area contributed by atoms with Crippen LogP contribution < -0.4 is 4.74 Å². The standard InChI is InChI=1S/C24H30O4/c1-15(26)28-24-9-3-11-27-18-5-7-19-16(12-18)4-6-21-20(19)8-10-23(24,2)22(21)13-17(24)14-25/h5,7,12,14,17,20-22H,3-4,6,8-11,13H2,1-2H3/t17-,20?,21+,22+,23+,24-/m1/s1. The Bertz CT molecular complexity index is 817. The van der Waals surface area contributed by atoms with Crippen LogP contribution in [0.2, 0.25) is 0 Å². The second kappa shape index (κ2) is 6.33. The molecule has 2 saturated carbocycles. The normalized spacial score (nSPS) is 40.9. The largest absolute Gasteiger partial charge is 0.494 e. The van der Waals surface area contributed by atoms with E-state index in [1.165, 1.54) is 18.1 Å². The predicted molar refractivity (Wildman–Crippen MR) is 105 cm³/mol. The summed E-state index contributed by atoms with van der Waals surface area (Å²) in [5.74, 6) is 2.01. The maximum absolute atomic E-state index is 12.2. The van der Waals surface area contributed by atoms with E-state index in [9.17, 15) is 9.59 Å². The highest BCUT2D eigenvalue weighted by atomic mass is 16.6. The van der Waals surface area contributed by atoms with Gasteiger partial charge in [0, 0.05) is 12.3 Å². The minimum atomic E-state index is -0.691. The summed E-state index contributed by atoms with van der Waals surface area (Å²) in [7, 11) is 0. The van der Waals surface area contributed by atoms with Crippen molar-refractivity contribution in [1.82, 2.24) is 0 Å². The number of carbonyl (C=O) groups is 2. The first-order chi connectivity index (χ1) is 13.5. The lowest BCUT2D eigenvalue weighted by Gasteiger charge is -2.54. The van der Waals surface area contributed by atoms with E-state index >= 15 is 0 Å². The molecule has 0 saturated heterocycles. The van der Waals surface area contributed by atoms with Crippen molar-refractivity contribution in [3.05, 3.63) is 29.3 Å². The van der Waals surface area contributed by atoms with Crippen LogP contribution >= 0.6 is 0 Å². The van der Waals surface area contributed by atoms with E-state index in [1.807, 2.05) is 0 Å². The first-order valence-electron chi connectivity index (χ1n) is 10.9. The van der Waals surface area contributed by atoms with Crippen molar-refractivity contribution in [1.29, 1.82) is 0 Å². The first-order valence-corrected chi connectivity index (χ1v) is 10.9. The van der Waals surface area contributed by atoms with E-state index in [-0.39, 0.29) is 17.3 Å². The van der Waals surface area contributed by atoms with Crippen LogP contribution in [0.5, 0.6) is 5.75 Å². The van der Waals surface area contributed by atoms with Crippen molar-refractivity contribution in [3.8, 4) is 5.75 Å². The van der Waals surface area contributed by atoms with E-state index in [4.69, 9.17) is 9.47 Å². The molecule has 2 fully saturated rings. The molecular formula is C24H30O4. The van der Waals surface area contributed by atoms with Crippen molar-refractivity contribution in [3.63, 3.8) is 0 Å². The number of hydrogen-bond acceptors (Lipinski definition) is 4. The van der Waals surface area contributed by atoms with Gasteiger partial charge in [0.25, 0.3) is 0 Å². The number of esters is 1. The molecule has 8 bridgehead atoms. The van der Waals surface area contributed by atoms with Gasteiger partial charge in [-0.05, 0) is 86.0 Å². The van der Waals surface area contributed by atoms with Gasteiger partial charge in [0.15, 0.2) is 0 Å². The maximum Gasteiger partial charge on any atom is 0.303 e. The van der Waals surface area contributed by atoms with E-state index in [0.717, 1.165) is 50.6 Å². The van der Waals surface area contributed by atoms with Crippen molar-refractivity contribution in [2.24, 2.45) is 23.2 Å². The summed E-state index contributed by atoms with van der Waals surface area (Å²) in [5.41, 5.74) is 2.09. The maximum atomic E-state index is 12.2. The monoisotopic (exact) mass is 382 g/mol. The van der Waals surface area contributed by atoms with Crippen LogP contribution in [0.1, 0.15) is 69.4 Å². The van der Waals surface area contributed by atoms with E-state index in [0.29, 0.717) is 30.8 Å². The zero-order valence-electron chi connectivity index (χ0n) is 16.9. The average molecular weight is 383 g/mol.